The molecule has 0 aliphatic rings. The Morgan fingerprint density at radius 1 is 0.882 bits per heavy atom. The second-order valence-corrected chi connectivity index (χ2v) is 6.06. The number of carbonyl (C=O) groups is 1. The molecule has 0 aliphatic carbocycles. The summed E-state index contributed by atoms with van der Waals surface area (Å²) in [7, 11) is 0. The zero-order valence-corrected chi connectivity index (χ0v) is 12.0. The van der Waals surface area contributed by atoms with Crippen LogP contribution >= 0.6 is 0 Å². The summed E-state index contributed by atoms with van der Waals surface area (Å²) in [6.07, 6.45) is 7.80. The van der Waals surface area contributed by atoms with Crippen molar-refractivity contribution in [2.24, 2.45) is 17.8 Å². The average molecular weight is 242 g/mol. The monoisotopic (exact) mass is 242 g/mol. The Balaban J connectivity index is 3.44. The maximum absolute atomic E-state index is 10.5. The Kier molecular flexibility index (Phi) is 9.20. The van der Waals surface area contributed by atoms with E-state index in [1.165, 1.54) is 32.1 Å². The molecule has 2 atom stereocenters. The molecule has 2 heteroatoms. The highest BCUT2D eigenvalue weighted by atomic mass is 16.4. The lowest BCUT2D eigenvalue weighted by Crippen LogP contribution is -2.05. The standard InChI is InChI=1S/C15H30O2/c1-12(2)7-5-8-13(3)9-6-10-14(4)11-15(16)17/h12-14H,5-11H2,1-4H3,(H,16,17)/t13?,14-/m1/s1. The minimum atomic E-state index is -0.664. The van der Waals surface area contributed by atoms with Crippen LogP contribution in [0.4, 0.5) is 0 Å². The van der Waals surface area contributed by atoms with Gasteiger partial charge in [-0.05, 0) is 17.8 Å². The number of hydrogen-bond donors (Lipinski definition) is 1. The SMILES string of the molecule is CC(C)CCCC(C)CCC[C@@H](C)CC(=O)O. The van der Waals surface area contributed by atoms with E-state index >= 15 is 0 Å². The third-order valence-electron chi connectivity index (χ3n) is 3.40. The van der Waals surface area contributed by atoms with Crippen molar-refractivity contribution in [2.45, 2.75) is 72.6 Å². The Bertz CT molecular complexity index is 199. The molecule has 0 aromatic carbocycles. The number of carboxylic acid groups (broad SMARTS) is 1. The highest BCUT2D eigenvalue weighted by Gasteiger charge is 2.09. The average Bonchev–Trinajstić information content (AvgIpc) is 2.15. The predicted molar refractivity (Wildman–Crippen MR) is 73.1 cm³/mol. The van der Waals surface area contributed by atoms with Gasteiger partial charge in [0.05, 0.1) is 0 Å². The van der Waals surface area contributed by atoms with E-state index < -0.39 is 5.97 Å². The number of rotatable bonds is 10. The highest BCUT2D eigenvalue weighted by molar-refractivity contribution is 5.66. The molecular formula is C15H30O2. The second-order valence-electron chi connectivity index (χ2n) is 6.06. The van der Waals surface area contributed by atoms with Crippen molar-refractivity contribution in [3.8, 4) is 0 Å². The van der Waals surface area contributed by atoms with Gasteiger partial charge in [-0.2, -0.15) is 0 Å². The molecule has 0 aromatic heterocycles. The third-order valence-corrected chi connectivity index (χ3v) is 3.40. The number of carboxylic acids is 1. The molecule has 2 nitrogen and oxygen atoms in total. The quantitative estimate of drug-likeness (QED) is 0.601. The van der Waals surface area contributed by atoms with Crippen LogP contribution in [0, 0.1) is 17.8 Å². The van der Waals surface area contributed by atoms with Crippen molar-refractivity contribution >= 4 is 5.97 Å². The molecule has 0 rings (SSSR count). The molecule has 1 N–H and O–H groups in total. The molecule has 0 saturated heterocycles. The van der Waals surface area contributed by atoms with Crippen LogP contribution in [0.2, 0.25) is 0 Å². The van der Waals surface area contributed by atoms with Gasteiger partial charge < -0.3 is 5.11 Å². The lowest BCUT2D eigenvalue weighted by atomic mass is 9.93. The molecule has 17 heavy (non-hydrogen) atoms. The second kappa shape index (κ2) is 9.49. The first kappa shape index (κ1) is 16.5. The van der Waals surface area contributed by atoms with Crippen LogP contribution in [-0.2, 0) is 4.79 Å². The number of hydrogen-bond acceptors (Lipinski definition) is 1. The van der Waals surface area contributed by atoms with Crippen molar-refractivity contribution in [1.82, 2.24) is 0 Å². The Labute approximate surface area is 107 Å². The molecule has 0 bridgehead atoms. The number of aliphatic carboxylic acids is 1. The lowest BCUT2D eigenvalue weighted by Gasteiger charge is -2.13. The molecule has 1 unspecified atom stereocenters. The molecule has 0 heterocycles. The van der Waals surface area contributed by atoms with Gasteiger partial charge in [0.1, 0.15) is 0 Å². The zero-order chi connectivity index (χ0) is 13.3. The molecule has 0 aliphatic heterocycles. The van der Waals surface area contributed by atoms with Gasteiger partial charge in [-0.15, -0.1) is 0 Å². The maximum Gasteiger partial charge on any atom is 0.303 e. The van der Waals surface area contributed by atoms with E-state index in [1.54, 1.807) is 0 Å². The van der Waals surface area contributed by atoms with E-state index in [0.717, 1.165) is 18.3 Å². The van der Waals surface area contributed by atoms with Gasteiger partial charge in [0.15, 0.2) is 0 Å². The van der Waals surface area contributed by atoms with Crippen molar-refractivity contribution < 1.29 is 9.90 Å². The predicted octanol–water partition coefficient (Wildman–Crippen LogP) is 4.73. The van der Waals surface area contributed by atoms with E-state index in [9.17, 15) is 4.79 Å². The molecular weight excluding hydrogens is 212 g/mol. The topological polar surface area (TPSA) is 37.3 Å². The molecule has 102 valence electrons. The highest BCUT2D eigenvalue weighted by Crippen LogP contribution is 2.20. The first-order valence-electron chi connectivity index (χ1n) is 7.13. The Morgan fingerprint density at radius 3 is 1.82 bits per heavy atom. The molecule has 0 spiro atoms. The van der Waals surface area contributed by atoms with Crippen molar-refractivity contribution in [3.63, 3.8) is 0 Å². The minimum Gasteiger partial charge on any atom is -0.481 e. The smallest absolute Gasteiger partial charge is 0.303 e. The fourth-order valence-electron chi connectivity index (χ4n) is 2.23. The van der Waals surface area contributed by atoms with Gasteiger partial charge in [0, 0.05) is 6.42 Å². The summed E-state index contributed by atoms with van der Waals surface area (Å²) in [6.45, 7) is 8.91. The largest absolute Gasteiger partial charge is 0.481 e. The van der Waals surface area contributed by atoms with E-state index in [-0.39, 0.29) is 0 Å². The Hall–Kier alpha value is -0.530. The summed E-state index contributed by atoms with van der Waals surface area (Å²) in [5, 5.41) is 8.66. The van der Waals surface area contributed by atoms with Crippen molar-refractivity contribution in [1.29, 1.82) is 0 Å². The molecule has 0 saturated carbocycles. The summed E-state index contributed by atoms with van der Waals surface area (Å²) in [4.78, 5) is 10.5. The van der Waals surface area contributed by atoms with E-state index in [0.29, 0.717) is 12.3 Å². The van der Waals surface area contributed by atoms with Gasteiger partial charge in [-0.25, -0.2) is 0 Å². The van der Waals surface area contributed by atoms with E-state index in [2.05, 4.69) is 20.8 Å². The van der Waals surface area contributed by atoms with Crippen LogP contribution in [0.25, 0.3) is 0 Å². The fraction of sp³-hybridized carbons (Fsp3) is 0.933. The van der Waals surface area contributed by atoms with Gasteiger partial charge in [0.25, 0.3) is 0 Å². The zero-order valence-electron chi connectivity index (χ0n) is 12.0. The van der Waals surface area contributed by atoms with Crippen LogP contribution in [0.5, 0.6) is 0 Å². The van der Waals surface area contributed by atoms with Crippen LogP contribution < -0.4 is 0 Å². The Morgan fingerprint density at radius 2 is 1.35 bits per heavy atom. The normalized spacial score (nSPS) is 14.9. The summed E-state index contributed by atoms with van der Waals surface area (Å²) in [6, 6.07) is 0. The summed E-state index contributed by atoms with van der Waals surface area (Å²) in [5.74, 6) is 1.28. The van der Waals surface area contributed by atoms with Crippen LogP contribution in [0.15, 0.2) is 0 Å². The van der Waals surface area contributed by atoms with Gasteiger partial charge in [-0.3, -0.25) is 4.79 Å². The fourth-order valence-corrected chi connectivity index (χ4v) is 2.23. The van der Waals surface area contributed by atoms with Crippen molar-refractivity contribution in [3.05, 3.63) is 0 Å². The first-order chi connectivity index (χ1) is 7.91. The van der Waals surface area contributed by atoms with E-state index in [4.69, 9.17) is 5.11 Å². The molecule has 0 amide bonds. The van der Waals surface area contributed by atoms with Crippen LogP contribution in [0.1, 0.15) is 72.6 Å². The van der Waals surface area contributed by atoms with Crippen LogP contribution in [-0.4, -0.2) is 11.1 Å². The summed E-state index contributed by atoms with van der Waals surface area (Å²) in [5.41, 5.74) is 0. The van der Waals surface area contributed by atoms with Gasteiger partial charge >= 0.3 is 5.97 Å². The summed E-state index contributed by atoms with van der Waals surface area (Å²) >= 11 is 0. The first-order valence-corrected chi connectivity index (χ1v) is 7.13. The lowest BCUT2D eigenvalue weighted by molar-refractivity contribution is -0.138. The molecule has 0 radical (unpaired) electrons. The molecule has 0 aromatic rings. The summed E-state index contributed by atoms with van der Waals surface area (Å²) < 4.78 is 0. The van der Waals surface area contributed by atoms with Crippen LogP contribution in [0.3, 0.4) is 0 Å². The molecule has 0 fully saturated rings. The maximum atomic E-state index is 10.5. The minimum absolute atomic E-state index is 0.321. The van der Waals surface area contributed by atoms with Gasteiger partial charge in [-0.1, -0.05) is 66.2 Å². The van der Waals surface area contributed by atoms with Gasteiger partial charge in [0.2, 0.25) is 0 Å². The van der Waals surface area contributed by atoms with E-state index in [1.807, 2.05) is 6.92 Å². The van der Waals surface area contributed by atoms with Crippen molar-refractivity contribution in [2.75, 3.05) is 0 Å². The third kappa shape index (κ3) is 11.7.